The molecular weight excluding hydrogens is 190 g/mol. The molecule has 0 aromatic carbocycles. The summed E-state index contributed by atoms with van der Waals surface area (Å²) in [7, 11) is 0. The molecule has 1 fully saturated rings. The van der Waals surface area contributed by atoms with Crippen LogP contribution < -0.4 is 0 Å². The summed E-state index contributed by atoms with van der Waals surface area (Å²) in [5.41, 5.74) is 0. The summed E-state index contributed by atoms with van der Waals surface area (Å²) in [6.45, 7) is 2.28. The summed E-state index contributed by atoms with van der Waals surface area (Å²) >= 11 is 0. The van der Waals surface area contributed by atoms with Gasteiger partial charge in [-0.3, -0.25) is 0 Å². The molecule has 1 aliphatic carbocycles. The lowest BCUT2D eigenvalue weighted by Crippen LogP contribution is -2.18. The summed E-state index contributed by atoms with van der Waals surface area (Å²) in [6, 6.07) is 0.477. The molecule has 15 heavy (non-hydrogen) atoms. The van der Waals surface area contributed by atoms with Gasteiger partial charge in [0, 0.05) is 6.04 Å². The SMILES string of the molecule is CC1CCCCCC1n1cnnc1CO. The van der Waals surface area contributed by atoms with Gasteiger partial charge in [-0.2, -0.15) is 0 Å². The van der Waals surface area contributed by atoms with E-state index in [-0.39, 0.29) is 6.61 Å². The first kappa shape index (κ1) is 10.6. The lowest BCUT2D eigenvalue weighted by molar-refractivity contribution is 0.246. The topological polar surface area (TPSA) is 50.9 Å². The van der Waals surface area contributed by atoms with E-state index in [2.05, 4.69) is 21.7 Å². The van der Waals surface area contributed by atoms with Gasteiger partial charge in [-0.1, -0.05) is 26.2 Å². The maximum atomic E-state index is 9.17. The van der Waals surface area contributed by atoms with Crippen molar-refractivity contribution in [1.82, 2.24) is 14.8 Å². The van der Waals surface area contributed by atoms with E-state index in [0.717, 1.165) is 0 Å². The molecule has 4 heteroatoms. The number of hydrogen-bond acceptors (Lipinski definition) is 3. The van der Waals surface area contributed by atoms with E-state index in [1.54, 1.807) is 6.33 Å². The van der Waals surface area contributed by atoms with Gasteiger partial charge in [0.1, 0.15) is 12.9 Å². The molecule has 0 saturated heterocycles. The molecule has 1 N–H and O–H groups in total. The highest BCUT2D eigenvalue weighted by molar-refractivity contribution is 4.89. The maximum Gasteiger partial charge on any atom is 0.158 e. The Hall–Kier alpha value is -0.900. The zero-order valence-corrected chi connectivity index (χ0v) is 9.26. The van der Waals surface area contributed by atoms with Gasteiger partial charge in [0.15, 0.2) is 5.82 Å². The highest BCUT2D eigenvalue weighted by Crippen LogP contribution is 2.32. The molecule has 0 bridgehead atoms. The average Bonchev–Trinajstić information content (AvgIpc) is 2.61. The normalized spacial score (nSPS) is 27.6. The van der Waals surface area contributed by atoms with Crippen LogP contribution in [0.15, 0.2) is 6.33 Å². The molecule has 1 aromatic rings. The predicted molar refractivity (Wildman–Crippen MR) is 57.2 cm³/mol. The van der Waals surface area contributed by atoms with Crippen LogP contribution >= 0.6 is 0 Å². The molecular formula is C11H19N3O. The summed E-state index contributed by atoms with van der Waals surface area (Å²) in [5, 5.41) is 17.0. The molecule has 0 spiro atoms. The molecule has 0 amide bonds. The van der Waals surface area contributed by atoms with Crippen molar-refractivity contribution in [3.8, 4) is 0 Å². The van der Waals surface area contributed by atoms with Gasteiger partial charge in [-0.15, -0.1) is 10.2 Å². The molecule has 2 unspecified atom stereocenters. The number of rotatable bonds is 2. The Labute approximate surface area is 90.3 Å². The van der Waals surface area contributed by atoms with Gasteiger partial charge in [0.25, 0.3) is 0 Å². The van der Waals surface area contributed by atoms with Crippen LogP contribution in [0.5, 0.6) is 0 Å². The second-order valence-electron chi connectivity index (χ2n) is 4.50. The lowest BCUT2D eigenvalue weighted by Gasteiger charge is -2.23. The van der Waals surface area contributed by atoms with Crippen molar-refractivity contribution in [2.24, 2.45) is 5.92 Å². The minimum absolute atomic E-state index is 0.0107. The van der Waals surface area contributed by atoms with Crippen molar-refractivity contribution in [3.63, 3.8) is 0 Å². The van der Waals surface area contributed by atoms with Crippen LogP contribution in [0.1, 0.15) is 50.9 Å². The van der Waals surface area contributed by atoms with E-state index in [4.69, 9.17) is 0 Å². The molecule has 1 aromatic heterocycles. The van der Waals surface area contributed by atoms with E-state index in [0.29, 0.717) is 17.8 Å². The smallest absolute Gasteiger partial charge is 0.158 e. The molecule has 1 saturated carbocycles. The second-order valence-corrected chi connectivity index (χ2v) is 4.50. The van der Waals surface area contributed by atoms with E-state index in [1.807, 2.05) is 0 Å². The summed E-state index contributed by atoms with van der Waals surface area (Å²) in [6.07, 6.45) is 8.15. The van der Waals surface area contributed by atoms with Gasteiger partial charge in [-0.05, 0) is 18.8 Å². The van der Waals surface area contributed by atoms with Crippen molar-refractivity contribution >= 4 is 0 Å². The van der Waals surface area contributed by atoms with Crippen LogP contribution in [0.2, 0.25) is 0 Å². The molecule has 0 aliphatic heterocycles. The third kappa shape index (κ3) is 2.20. The molecule has 1 heterocycles. The van der Waals surface area contributed by atoms with Crippen molar-refractivity contribution in [2.75, 3.05) is 0 Å². The number of nitrogens with zero attached hydrogens (tertiary/aromatic N) is 3. The van der Waals surface area contributed by atoms with Crippen LogP contribution in [0.4, 0.5) is 0 Å². The van der Waals surface area contributed by atoms with Crippen LogP contribution in [0.3, 0.4) is 0 Å². The number of aliphatic hydroxyl groups is 1. The molecule has 1 aliphatic rings. The Morgan fingerprint density at radius 1 is 1.40 bits per heavy atom. The molecule has 84 valence electrons. The third-order valence-corrected chi connectivity index (χ3v) is 3.46. The van der Waals surface area contributed by atoms with Gasteiger partial charge < -0.3 is 9.67 Å². The van der Waals surface area contributed by atoms with Crippen LogP contribution in [-0.2, 0) is 6.61 Å². The van der Waals surface area contributed by atoms with Gasteiger partial charge in [0.05, 0.1) is 0 Å². The van der Waals surface area contributed by atoms with Crippen molar-refractivity contribution in [1.29, 1.82) is 0 Å². The van der Waals surface area contributed by atoms with Gasteiger partial charge >= 0.3 is 0 Å². The first-order chi connectivity index (χ1) is 7.33. The first-order valence-electron chi connectivity index (χ1n) is 5.82. The monoisotopic (exact) mass is 209 g/mol. The second kappa shape index (κ2) is 4.75. The van der Waals surface area contributed by atoms with Crippen molar-refractivity contribution < 1.29 is 5.11 Å². The first-order valence-corrected chi connectivity index (χ1v) is 5.82. The van der Waals surface area contributed by atoms with E-state index in [1.165, 1.54) is 32.1 Å². The highest BCUT2D eigenvalue weighted by Gasteiger charge is 2.23. The predicted octanol–water partition coefficient (Wildman–Crippen LogP) is 1.91. The molecule has 0 radical (unpaired) electrons. The molecule has 4 nitrogen and oxygen atoms in total. The fourth-order valence-corrected chi connectivity index (χ4v) is 2.54. The Balaban J connectivity index is 2.19. The van der Waals surface area contributed by atoms with E-state index in [9.17, 15) is 5.11 Å². The summed E-state index contributed by atoms with van der Waals surface area (Å²) in [5.74, 6) is 1.36. The lowest BCUT2D eigenvalue weighted by atomic mass is 9.97. The zero-order chi connectivity index (χ0) is 10.7. The Morgan fingerprint density at radius 3 is 3.00 bits per heavy atom. The van der Waals surface area contributed by atoms with Crippen molar-refractivity contribution in [3.05, 3.63) is 12.2 Å². The Kier molecular flexibility index (Phi) is 3.36. The van der Waals surface area contributed by atoms with Crippen LogP contribution in [0, 0.1) is 5.92 Å². The minimum Gasteiger partial charge on any atom is -0.388 e. The largest absolute Gasteiger partial charge is 0.388 e. The summed E-state index contributed by atoms with van der Waals surface area (Å²) in [4.78, 5) is 0. The number of aromatic nitrogens is 3. The average molecular weight is 209 g/mol. The minimum atomic E-state index is -0.0107. The van der Waals surface area contributed by atoms with E-state index < -0.39 is 0 Å². The number of aliphatic hydroxyl groups excluding tert-OH is 1. The fraction of sp³-hybridized carbons (Fsp3) is 0.818. The Morgan fingerprint density at radius 2 is 2.20 bits per heavy atom. The van der Waals surface area contributed by atoms with Crippen molar-refractivity contribution in [2.45, 2.75) is 51.7 Å². The standard InChI is InChI=1S/C11H19N3O/c1-9-5-3-2-4-6-10(9)14-8-12-13-11(14)7-15/h8-10,15H,2-7H2,1H3. The summed E-state index contributed by atoms with van der Waals surface area (Å²) < 4.78 is 2.07. The quantitative estimate of drug-likeness (QED) is 0.757. The maximum absolute atomic E-state index is 9.17. The van der Waals surface area contributed by atoms with E-state index >= 15 is 0 Å². The van der Waals surface area contributed by atoms with Gasteiger partial charge in [0.2, 0.25) is 0 Å². The molecule has 2 atom stereocenters. The molecule has 2 rings (SSSR count). The Bertz CT molecular complexity index is 311. The number of hydrogen-bond donors (Lipinski definition) is 1. The van der Waals surface area contributed by atoms with Gasteiger partial charge in [-0.25, -0.2) is 0 Å². The van der Waals surface area contributed by atoms with Crippen LogP contribution in [0.25, 0.3) is 0 Å². The zero-order valence-electron chi connectivity index (χ0n) is 9.26. The fourth-order valence-electron chi connectivity index (χ4n) is 2.54. The third-order valence-electron chi connectivity index (χ3n) is 3.46. The highest BCUT2D eigenvalue weighted by atomic mass is 16.3. The van der Waals surface area contributed by atoms with Crippen LogP contribution in [-0.4, -0.2) is 19.9 Å².